The van der Waals surface area contributed by atoms with Gasteiger partial charge in [0.15, 0.2) is 23.0 Å². The predicted octanol–water partition coefficient (Wildman–Crippen LogP) is -0.499. The zero-order valence-corrected chi connectivity index (χ0v) is 20.8. The van der Waals surface area contributed by atoms with E-state index in [1.165, 1.54) is 20.3 Å². The number of hydrogen-bond donors (Lipinski definition) is 6. The van der Waals surface area contributed by atoms with Crippen LogP contribution in [0.3, 0.4) is 0 Å². The molecule has 0 radical (unpaired) electrons. The van der Waals surface area contributed by atoms with Crippen LogP contribution < -0.4 is 14.2 Å². The SMILES string of the molecule is COc1cc(C(c2ccc(OC3OC(CO)C(O)C(O)C3O)c(OC)c2)C2COC(=O)C2CO)ccc1O. The molecule has 12 nitrogen and oxygen atoms in total. The number of phenolic OH excluding ortho intramolecular Hbond substituents is 1. The molecule has 0 amide bonds. The molecule has 8 atom stereocenters. The Morgan fingerprint density at radius 3 is 2.18 bits per heavy atom. The average Bonchev–Trinajstić information content (AvgIpc) is 3.30. The molecule has 6 N–H and O–H groups in total. The maximum atomic E-state index is 12.3. The molecule has 0 aromatic heterocycles. The van der Waals surface area contributed by atoms with Gasteiger partial charge in [-0.25, -0.2) is 0 Å². The summed E-state index contributed by atoms with van der Waals surface area (Å²) < 4.78 is 27.2. The summed E-state index contributed by atoms with van der Waals surface area (Å²) in [7, 11) is 2.82. The molecular formula is C26H32O12. The summed E-state index contributed by atoms with van der Waals surface area (Å²) in [5, 5.41) is 59.9. The van der Waals surface area contributed by atoms with Crippen LogP contribution in [0.15, 0.2) is 36.4 Å². The van der Waals surface area contributed by atoms with E-state index >= 15 is 0 Å². The highest BCUT2D eigenvalue weighted by Crippen LogP contribution is 2.44. The number of aromatic hydroxyl groups is 1. The van der Waals surface area contributed by atoms with Crippen LogP contribution in [0, 0.1) is 11.8 Å². The van der Waals surface area contributed by atoms with Crippen molar-refractivity contribution in [1.82, 2.24) is 0 Å². The Morgan fingerprint density at radius 2 is 1.55 bits per heavy atom. The number of phenols is 1. The number of aliphatic hydroxyl groups excluding tert-OH is 5. The first-order valence-electron chi connectivity index (χ1n) is 12.0. The number of carbonyl (C=O) groups is 1. The zero-order valence-electron chi connectivity index (χ0n) is 20.8. The van der Waals surface area contributed by atoms with Gasteiger partial charge in [0.2, 0.25) is 6.29 Å². The largest absolute Gasteiger partial charge is 0.504 e. The molecule has 2 heterocycles. The van der Waals surface area contributed by atoms with Gasteiger partial charge in [-0.15, -0.1) is 0 Å². The molecule has 2 fully saturated rings. The second kappa shape index (κ2) is 11.7. The summed E-state index contributed by atoms with van der Waals surface area (Å²) in [6.45, 7) is -0.957. The van der Waals surface area contributed by atoms with E-state index in [-0.39, 0.29) is 29.6 Å². The molecule has 2 saturated heterocycles. The maximum Gasteiger partial charge on any atom is 0.311 e. The molecule has 208 valence electrons. The number of methoxy groups -OCH3 is 2. The summed E-state index contributed by atoms with van der Waals surface area (Å²) in [5.41, 5.74) is 1.35. The normalized spacial score (nSPS) is 30.0. The summed E-state index contributed by atoms with van der Waals surface area (Å²) in [6.07, 6.45) is -7.31. The molecule has 2 aliphatic heterocycles. The van der Waals surface area contributed by atoms with Gasteiger partial charge in [-0.2, -0.15) is 0 Å². The Labute approximate surface area is 218 Å². The lowest BCUT2D eigenvalue weighted by Crippen LogP contribution is -2.60. The van der Waals surface area contributed by atoms with E-state index < -0.39 is 67.6 Å². The van der Waals surface area contributed by atoms with E-state index in [2.05, 4.69) is 0 Å². The highest BCUT2D eigenvalue weighted by Gasteiger charge is 2.45. The second-order valence-electron chi connectivity index (χ2n) is 9.22. The van der Waals surface area contributed by atoms with Gasteiger partial charge < -0.3 is 54.3 Å². The fraction of sp³-hybridized carbons (Fsp3) is 0.500. The van der Waals surface area contributed by atoms with E-state index in [0.29, 0.717) is 11.1 Å². The van der Waals surface area contributed by atoms with Gasteiger partial charge in [-0.3, -0.25) is 4.79 Å². The predicted molar refractivity (Wildman–Crippen MR) is 129 cm³/mol. The average molecular weight is 537 g/mol. The lowest BCUT2D eigenvalue weighted by molar-refractivity contribution is -0.277. The van der Waals surface area contributed by atoms with Gasteiger partial charge in [0.25, 0.3) is 0 Å². The van der Waals surface area contributed by atoms with Gasteiger partial charge in [0, 0.05) is 11.8 Å². The first kappa shape index (κ1) is 27.9. The van der Waals surface area contributed by atoms with Crippen LogP contribution in [0.5, 0.6) is 23.0 Å². The summed E-state index contributed by atoms with van der Waals surface area (Å²) in [4.78, 5) is 12.3. The van der Waals surface area contributed by atoms with Crippen molar-refractivity contribution in [1.29, 1.82) is 0 Å². The molecular weight excluding hydrogens is 504 g/mol. The van der Waals surface area contributed by atoms with E-state index in [1.54, 1.807) is 30.3 Å². The minimum Gasteiger partial charge on any atom is -0.504 e. The number of rotatable bonds is 9. The van der Waals surface area contributed by atoms with Crippen LogP contribution in [0.1, 0.15) is 17.0 Å². The smallest absolute Gasteiger partial charge is 0.311 e. The van der Waals surface area contributed by atoms with Crippen molar-refractivity contribution < 1.29 is 59.1 Å². The third-order valence-electron chi connectivity index (χ3n) is 7.06. The summed E-state index contributed by atoms with van der Waals surface area (Å²) in [5.74, 6) is -1.71. The zero-order chi connectivity index (χ0) is 27.6. The highest BCUT2D eigenvalue weighted by atomic mass is 16.7. The molecule has 0 bridgehead atoms. The summed E-state index contributed by atoms with van der Waals surface area (Å²) >= 11 is 0. The standard InChI is InChI=1S/C26H32O12/c1-34-18-7-12(3-5-16(18)29)21(15-11-36-25(33)14(15)9-27)13-4-6-17(19(8-13)35-2)37-26-24(32)23(31)22(30)20(10-28)38-26/h3-8,14-15,20-24,26-32H,9-11H2,1-2H3. The van der Waals surface area contributed by atoms with E-state index in [4.69, 9.17) is 23.7 Å². The number of hydrogen-bond acceptors (Lipinski definition) is 12. The molecule has 8 unspecified atom stereocenters. The molecule has 12 heteroatoms. The Balaban J connectivity index is 1.71. The minimum absolute atomic E-state index is 0.0589. The topological polar surface area (TPSA) is 185 Å². The third kappa shape index (κ3) is 5.23. The van der Waals surface area contributed by atoms with Crippen LogP contribution in [0.2, 0.25) is 0 Å². The molecule has 4 rings (SSSR count). The molecule has 2 aromatic rings. The number of esters is 1. The first-order chi connectivity index (χ1) is 18.2. The Hall–Kier alpha value is -3.13. The highest BCUT2D eigenvalue weighted by molar-refractivity contribution is 5.75. The number of aliphatic hydroxyl groups is 5. The van der Waals surface area contributed by atoms with Crippen LogP contribution in [0.4, 0.5) is 0 Å². The molecule has 2 aromatic carbocycles. The Morgan fingerprint density at radius 1 is 0.895 bits per heavy atom. The van der Waals surface area contributed by atoms with Crippen molar-refractivity contribution in [2.24, 2.45) is 11.8 Å². The van der Waals surface area contributed by atoms with Crippen LogP contribution in [0.25, 0.3) is 0 Å². The van der Waals surface area contributed by atoms with E-state index in [9.17, 15) is 35.4 Å². The van der Waals surface area contributed by atoms with Crippen molar-refractivity contribution in [2.75, 3.05) is 34.0 Å². The molecule has 0 saturated carbocycles. The van der Waals surface area contributed by atoms with Crippen molar-refractivity contribution >= 4 is 5.97 Å². The van der Waals surface area contributed by atoms with Crippen molar-refractivity contribution in [3.63, 3.8) is 0 Å². The molecule has 0 spiro atoms. The number of cyclic esters (lactones) is 1. The Bertz CT molecular complexity index is 1120. The number of ether oxygens (including phenoxy) is 5. The molecule has 38 heavy (non-hydrogen) atoms. The van der Waals surface area contributed by atoms with Crippen LogP contribution >= 0.6 is 0 Å². The quantitative estimate of drug-likeness (QED) is 0.226. The van der Waals surface area contributed by atoms with Gasteiger partial charge >= 0.3 is 5.97 Å². The second-order valence-corrected chi connectivity index (χ2v) is 9.22. The molecule has 2 aliphatic rings. The minimum atomic E-state index is -1.61. The first-order valence-corrected chi connectivity index (χ1v) is 12.0. The fourth-order valence-corrected chi connectivity index (χ4v) is 4.95. The van der Waals surface area contributed by atoms with Gasteiger partial charge in [-0.1, -0.05) is 12.1 Å². The van der Waals surface area contributed by atoms with E-state index in [1.807, 2.05) is 0 Å². The maximum absolute atomic E-state index is 12.3. The lowest BCUT2D eigenvalue weighted by atomic mass is 9.75. The monoisotopic (exact) mass is 536 g/mol. The van der Waals surface area contributed by atoms with Crippen molar-refractivity contribution in [3.05, 3.63) is 47.5 Å². The van der Waals surface area contributed by atoms with Crippen molar-refractivity contribution in [3.8, 4) is 23.0 Å². The van der Waals surface area contributed by atoms with Crippen molar-refractivity contribution in [2.45, 2.75) is 36.6 Å². The van der Waals surface area contributed by atoms with Gasteiger partial charge in [0.1, 0.15) is 24.4 Å². The number of carbonyl (C=O) groups excluding carboxylic acids is 1. The number of benzene rings is 2. The molecule has 0 aliphatic carbocycles. The lowest BCUT2D eigenvalue weighted by Gasteiger charge is -2.39. The van der Waals surface area contributed by atoms with Gasteiger partial charge in [-0.05, 0) is 35.4 Å². The third-order valence-corrected chi connectivity index (χ3v) is 7.06. The summed E-state index contributed by atoms with van der Waals surface area (Å²) in [6, 6.07) is 9.70. The fourth-order valence-electron chi connectivity index (χ4n) is 4.95. The van der Waals surface area contributed by atoms with Crippen LogP contribution in [-0.4, -0.2) is 101 Å². The van der Waals surface area contributed by atoms with Crippen LogP contribution in [-0.2, 0) is 14.3 Å². The van der Waals surface area contributed by atoms with Gasteiger partial charge in [0.05, 0.1) is 40.0 Å². The Kier molecular flexibility index (Phi) is 8.61. The van der Waals surface area contributed by atoms with E-state index in [0.717, 1.165) is 0 Å².